The van der Waals surface area contributed by atoms with Gasteiger partial charge in [-0.1, -0.05) is 24.3 Å². The highest BCUT2D eigenvalue weighted by Gasteiger charge is 2.45. The molecule has 2 aromatic rings. The fourth-order valence-electron chi connectivity index (χ4n) is 5.33. The molecule has 10 atom stereocenters. The van der Waals surface area contributed by atoms with Crippen LogP contribution in [-0.2, 0) is 9.47 Å². The second kappa shape index (κ2) is 15.3. The number of hydrogen-bond donors (Lipinski definition) is 10. The maximum Gasteiger partial charge on any atom is 0.251 e. The van der Waals surface area contributed by atoms with Crippen LogP contribution >= 0.6 is 0 Å². The zero-order chi connectivity index (χ0) is 32.0. The number of amides is 2. The van der Waals surface area contributed by atoms with Gasteiger partial charge in [-0.25, -0.2) is 0 Å². The van der Waals surface area contributed by atoms with E-state index in [2.05, 4.69) is 10.6 Å². The van der Waals surface area contributed by atoms with Gasteiger partial charge < -0.3 is 61.0 Å². The van der Waals surface area contributed by atoms with Crippen molar-refractivity contribution in [1.29, 1.82) is 0 Å². The lowest BCUT2D eigenvalue weighted by molar-refractivity contribution is -0.231. The van der Waals surface area contributed by atoms with Gasteiger partial charge in [-0.3, -0.25) is 9.59 Å². The number of aliphatic hydroxyl groups is 8. The molecule has 10 N–H and O–H groups in total. The number of unbranched alkanes of at least 4 members (excludes halogenated alkanes) is 1. The molecule has 0 radical (unpaired) electrons. The molecule has 0 aromatic heterocycles. The molecular weight excluding hydrogens is 580 g/mol. The molecule has 0 unspecified atom stereocenters. The number of ether oxygens (including phenoxy) is 2. The van der Waals surface area contributed by atoms with Gasteiger partial charge in [0, 0.05) is 24.2 Å². The van der Waals surface area contributed by atoms with Gasteiger partial charge in [-0.05, 0) is 48.2 Å². The predicted octanol–water partition coefficient (Wildman–Crippen LogP) is -2.34. The molecule has 2 aromatic carbocycles. The van der Waals surface area contributed by atoms with E-state index in [4.69, 9.17) is 9.47 Å². The molecule has 44 heavy (non-hydrogen) atoms. The van der Waals surface area contributed by atoms with Crippen LogP contribution in [0.5, 0.6) is 0 Å². The summed E-state index contributed by atoms with van der Waals surface area (Å²) in [5.74, 6) is -0.768. The van der Waals surface area contributed by atoms with Crippen LogP contribution < -0.4 is 10.6 Å². The van der Waals surface area contributed by atoms with Gasteiger partial charge in [-0.2, -0.15) is 0 Å². The first-order chi connectivity index (χ1) is 21.1. The number of rotatable bonds is 11. The summed E-state index contributed by atoms with van der Waals surface area (Å²) in [6.07, 6.45) is -12.1. The van der Waals surface area contributed by atoms with Crippen molar-refractivity contribution < 1.29 is 59.9 Å². The second-order valence-electron chi connectivity index (χ2n) is 11.0. The Balaban J connectivity index is 1.23. The average molecular weight is 621 g/mol. The van der Waals surface area contributed by atoms with Gasteiger partial charge in [0.15, 0.2) is 0 Å². The lowest BCUT2D eigenvalue weighted by Gasteiger charge is -2.40. The van der Waals surface area contributed by atoms with Crippen molar-refractivity contribution in [2.75, 3.05) is 26.3 Å². The quantitative estimate of drug-likeness (QED) is 0.119. The van der Waals surface area contributed by atoms with E-state index in [1.54, 1.807) is 36.4 Å². The minimum absolute atomic E-state index is 0.284. The van der Waals surface area contributed by atoms with Crippen LogP contribution in [0.4, 0.5) is 0 Å². The molecule has 0 saturated carbocycles. The predicted molar refractivity (Wildman–Crippen MR) is 152 cm³/mol. The Morgan fingerprint density at radius 3 is 1.34 bits per heavy atom. The SMILES string of the molecule is O=C(NCCCCNC(=O)c1cccc([C@H]2O[C@H](CO)[C@@H](O)[C@H](O)[C@@H]2O)c1)c1cccc([C@H]2O[C@H](CO)[C@@H](O)[C@H](O)[C@@H]2O)c1. The molecular formula is C30H40N2O12. The van der Waals surface area contributed by atoms with Crippen molar-refractivity contribution >= 4 is 11.8 Å². The first-order valence-electron chi connectivity index (χ1n) is 14.4. The number of nitrogens with one attached hydrogen (secondary N) is 2. The van der Waals surface area contributed by atoms with Gasteiger partial charge in [0.05, 0.1) is 13.2 Å². The van der Waals surface area contributed by atoms with Gasteiger partial charge in [0.25, 0.3) is 11.8 Å². The zero-order valence-corrected chi connectivity index (χ0v) is 23.8. The van der Waals surface area contributed by atoms with Crippen LogP contribution in [0.1, 0.15) is 56.9 Å². The van der Waals surface area contributed by atoms with Crippen molar-refractivity contribution in [2.24, 2.45) is 0 Å². The minimum Gasteiger partial charge on any atom is -0.394 e. The molecule has 2 aliphatic rings. The molecule has 2 heterocycles. The van der Waals surface area contributed by atoms with Crippen LogP contribution in [-0.4, -0.2) is 128 Å². The molecule has 2 amide bonds. The van der Waals surface area contributed by atoms with E-state index in [1.165, 1.54) is 12.1 Å². The fourth-order valence-corrected chi connectivity index (χ4v) is 5.33. The van der Waals surface area contributed by atoms with E-state index in [0.29, 0.717) is 37.1 Å². The Bertz CT molecular complexity index is 1160. The summed E-state index contributed by atoms with van der Waals surface area (Å²) in [5.41, 5.74) is 1.36. The molecule has 14 heteroatoms. The number of carbonyl (C=O) groups is 2. The van der Waals surface area contributed by atoms with Crippen molar-refractivity contribution in [1.82, 2.24) is 10.6 Å². The molecule has 0 bridgehead atoms. The molecule has 14 nitrogen and oxygen atoms in total. The third-order valence-corrected chi connectivity index (χ3v) is 7.91. The van der Waals surface area contributed by atoms with Crippen LogP contribution in [0.25, 0.3) is 0 Å². The van der Waals surface area contributed by atoms with E-state index in [0.717, 1.165) is 0 Å². The first kappa shape index (κ1) is 33.9. The highest BCUT2D eigenvalue weighted by molar-refractivity contribution is 5.94. The average Bonchev–Trinajstić information content (AvgIpc) is 3.04. The first-order valence-corrected chi connectivity index (χ1v) is 14.4. The van der Waals surface area contributed by atoms with E-state index in [9.17, 15) is 50.4 Å². The summed E-state index contributed by atoms with van der Waals surface area (Å²) in [4.78, 5) is 25.4. The molecule has 2 fully saturated rings. The molecule has 0 spiro atoms. The van der Waals surface area contributed by atoms with Crippen LogP contribution in [0.3, 0.4) is 0 Å². The van der Waals surface area contributed by atoms with E-state index in [-0.39, 0.29) is 22.9 Å². The molecule has 2 saturated heterocycles. The third-order valence-electron chi connectivity index (χ3n) is 7.91. The Labute approximate surface area is 253 Å². The standard InChI is InChI=1S/C30H40N2O12/c33-13-19-21(35)23(37)25(39)27(43-19)15-5-3-7-17(11-15)29(41)31-9-1-2-10-32-30(42)18-8-4-6-16(12-18)28-26(40)24(38)22(36)20(14-34)44-28/h3-8,11-12,19-28,33-40H,1-2,9-10,13-14H2,(H,31,41)(H,32,42)/t19-,20-,21-,22-,23+,24+,25+,26+,27-,28-/m1/s1. The largest absolute Gasteiger partial charge is 0.394 e. The van der Waals surface area contributed by atoms with Crippen molar-refractivity contribution in [2.45, 2.75) is 73.9 Å². The summed E-state index contributed by atoms with van der Waals surface area (Å²) in [6.45, 7) is -0.496. The Morgan fingerprint density at radius 1 is 0.591 bits per heavy atom. The van der Waals surface area contributed by atoms with Crippen LogP contribution in [0.2, 0.25) is 0 Å². The number of aliphatic hydroxyl groups excluding tert-OH is 8. The second-order valence-corrected chi connectivity index (χ2v) is 11.0. The van der Waals surface area contributed by atoms with Gasteiger partial charge in [-0.15, -0.1) is 0 Å². The topological polar surface area (TPSA) is 238 Å². The van der Waals surface area contributed by atoms with Crippen LogP contribution in [0.15, 0.2) is 48.5 Å². The lowest BCUT2D eigenvalue weighted by Crippen LogP contribution is -2.55. The highest BCUT2D eigenvalue weighted by Crippen LogP contribution is 2.34. The van der Waals surface area contributed by atoms with Gasteiger partial charge in [0.1, 0.15) is 61.0 Å². The minimum atomic E-state index is -1.53. The maximum atomic E-state index is 12.7. The van der Waals surface area contributed by atoms with Crippen molar-refractivity contribution in [3.8, 4) is 0 Å². The normalized spacial score (nSPS) is 32.2. The van der Waals surface area contributed by atoms with Crippen molar-refractivity contribution in [3.05, 3.63) is 70.8 Å². The molecule has 4 rings (SSSR count). The monoisotopic (exact) mass is 620 g/mol. The lowest BCUT2D eigenvalue weighted by atomic mass is 9.90. The summed E-state index contributed by atoms with van der Waals surface area (Å²) in [5, 5.41) is 85.3. The van der Waals surface area contributed by atoms with Gasteiger partial charge >= 0.3 is 0 Å². The zero-order valence-electron chi connectivity index (χ0n) is 23.8. The molecule has 0 aliphatic carbocycles. The fraction of sp³-hybridized carbons (Fsp3) is 0.533. The number of hydrogen-bond acceptors (Lipinski definition) is 12. The smallest absolute Gasteiger partial charge is 0.251 e. The van der Waals surface area contributed by atoms with E-state index < -0.39 is 74.3 Å². The van der Waals surface area contributed by atoms with Crippen molar-refractivity contribution in [3.63, 3.8) is 0 Å². The van der Waals surface area contributed by atoms with Crippen LogP contribution in [0, 0.1) is 0 Å². The van der Waals surface area contributed by atoms with Gasteiger partial charge in [0.2, 0.25) is 0 Å². The number of benzene rings is 2. The Kier molecular flexibility index (Phi) is 11.8. The summed E-state index contributed by atoms with van der Waals surface area (Å²) >= 11 is 0. The third kappa shape index (κ3) is 7.61. The summed E-state index contributed by atoms with van der Waals surface area (Å²) in [6, 6.07) is 12.5. The molecule has 2 aliphatic heterocycles. The van der Waals surface area contributed by atoms with E-state index >= 15 is 0 Å². The van der Waals surface area contributed by atoms with E-state index in [1.807, 2.05) is 0 Å². The Hall–Kier alpha value is -3.02. The maximum absolute atomic E-state index is 12.7. The molecule has 242 valence electrons. The Morgan fingerprint density at radius 2 is 0.977 bits per heavy atom. The summed E-state index contributed by atoms with van der Waals surface area (Å²) in [7, 11) is 0. The summed E-state index contributed by atoms with van der Waals surface area (Å²) < 4.78 is 11.1. The highest BCUT2D eigenvalue weighted by atomic mass is 16.6. The number of carbonyl (C=O) groups excluding carboxylic acids is 2.